The summed E-state index contributed by atoms with van der Waals surface area (Å²) in [5.74, 6) is 0. The van der Waals surface area contributed by atoms with E-state index in [9.17, 15) is 0 Å². The van der Waals surface area contributed by atoms with E-state index in [4.69, 9.17) is 17.7 Å². The Morgan fingerprint density at radius 3 is 0.950 bits per heavy atom. The Morgan fingerprint density at radius 1 is 0.550 bits per heavy atom. The molecule has 4 nitrogen and oxygen atoms in total. The van der Waals surface area contributed by atoms with Gasteiger partial charge in [0.15, 0.2) is 0 Å². The number of hydrogen-bond acceptors (Lipinski definition) is 4. The van der Waals surface area contributed by atoms with Crippen molar-refractivity contribution in [1.82, 2.24) is 0 Å². The molecule has 120 valence electrons. The van der Waals surface area contributed by atoms with Gasteiger partial charge in [0.25, 0.3) is 0 Å². The van der Waals surface area contributed by atoms with E-state index in [1.54, 1.807) is 0 Å². The van der Waals surface area contributed by atoms with Gasteiger partial charge in [-0.3, -0.25) is 0 Å². The Kier molecular flexibility index (Phi) is 10.7. The molecule has 0 aromatic rings. The SMILES string of the molecule is CCO[Si](C=C[Si](CC)(OCC)OCC)(CC)OCC. The third-order valence-electron chi connectivity index (χ3n) is 3.13. The van der Waals surface area contributed by atoms with Crippen molar-refractivity contribution in [3.8, 4) is 0 Å². The van der Waals surface area contributed by atoms with Crippen LogP contribution in [0.1, 0.15) is 41.5 Å². The molecule has 0 N–H and O–H groups in total. The summed E-state index contributed by atoms with van der Waals surface area (Å²) < 4.78 is 23.8. The molecule has 6 heteroatoms. The predicted molar refractivity (Wildman–Crippen MR) is 88.1 cm³/mol. The zero-order valence-electron chi connectivity index (χ0n) is 14.0. The Hall–Kier alpha value is 0.0138. The molecule has 0 heterocycles. The molecule has 0 unspecified atom stereocenters. The molecular weight excluding hydrogens is 288 g/mol. The molecule has 0 fully saturated rings. The standard InChI is InChI=1S/C14H32O4Si2/c1-7-15-19(11-5,16-8-2)13-14-20(12-6,17-9-3)18-10-4/h13-14H,7-12H2,1-6H3. The van der Waals surface area contributed by atoms with Gasteiger partial charge in [0.05, 0.1) is 0 Å². The molecule has 0 aliphatic carbocycles. The summed E-state index contributed by atoms with van der Waals surface area (Å²) >= 11 is 0. The second-order valence-corrected chi connectivity index (χ2v) is 10.9. The molecule has 0 aliphatic heterocycles. The van der Waals surface area contributed by atoms with Crippen molar-refractivity contribution < 1.29 is 17.7 Å². The van der Waals surface area contributed by atoms with E-state index >= 15 is 0 Å². The first-order chi connectivity index (χ1) is 9.57. The molecule has 0 saturated carbocycles. The van der Waals surface area contributed by atoms with Gasteiger partial charge in [-0.1, -0.05) is 13.8 Å². The molecule has 0 aromatic heterocycles. The molecule has 0 aliphatic rings. The average Bonchev–Trinajstić information content (AvgIpc) is 2.45. The van der Waals surface area contributed by atoms with E-state index < -0.39 is 17.1 Å². The van der Waals surface area contributed by atoms with E-state index in [2.05, 4.69) is 25.2 Å². The Morgan fingerprint density at radius 2 is 0.800 bits per heavy atom. The lowest BCUT2D eigenvalue weighted by atomic mass is 10.9. The minimum absolute atomic E-state index is 0.675. The molecule has 0 radical (unpaired) electrons. The maximum absolute atomic E-state index is 5.96. The van der Waals surface area contributed by atoms with Gasteiger partial charge in [-0.05, 0) is 51.2 Å². The summed E-state index contributed by atoms with van der Waals surface area (Å²) in [7, 11) is -4.52. The van der Waals surface area contributed by atoms with Crippen LogP contribution in [0.15, 0.2) is 11.4 Å². The highest BCUT2D eigenvalue weighted by atomic mass is 28.4. The summed E-state index contributed by atoms with van der Waals surface area (Å²) in [6, 6.07) is 1.80. The van der Waals surface area contributed by atoms with Crippen molar-refractivity contribution in [2.45, 2.75) is 53.6 Å². The van der Waals surface area contributed by atoms with Gasteiger partial charge in [-0.15, -0.1) is 0 Å². The normalized spacial score (nSPS) is 13.3. The topological polar surface area (TPSA) is 36.9 Å². The van der Waals surface area contributed by atoms with Crippen LogP contribution in [0.25, 0.3) is 0 Å². The molecule has 20 heavy (non-hydrogen) atoms. The smallest absolute Gasteiger partial charge is 0.364 e. The molecule has 0 amide bonds. The Labute approximate surface area is 127 Å². The summed E-state index contributed by atoms with van der Waals surface area (Å²) in [5, 5.41) is 0. The zero-order valence-corrected chi connectivity index (χ0v) is 16.0. The van der Waals surface area contributed by atoms with Crippen LogP contribution in [-0.4, -0.2) is 43.5 Å². The molecule has 0 atom stereocenters. The van der Waals surface area contributed by atoms with Crippen LogP contribution in [-0.2, 0) is 17.7 Å². The van der Waals surface area contributed by atoms with E-state index in [1.807, 2.05) is 27.7 Å². The molecule has 0 saturated heterocycles. The van der Waals surface area contributed by atoms with Crippen LogP contribution in [0.5, 0.6) is 0 Å². The molecule has 0 bridgehead atoms. The van der Waals surface area contributed by atoms with Gasteiger partial charge in [0.1, 0.15) is 0 Å². The predicted octanol–water partition coefficient (Wildman–Crippen LogP) is 3.69. The summed E-state index contributed by atoms with van der Waals surface area (Å²) in [5.41, 5.74) is 4.28. The largest absolute Gasteiger partial charge is 0.392 e. The van der Waals surface area contributed by atoms with Crippen molar-refractivity contribution >= 4 is 17.1 Å². The highest BCUT2D eigenvalue weighted by Gasteiger charge is 2.37. The van der Waals surface area contributed by atoms with E-state index in [-0.39, 0.29) is 0 Å². The lowest BCUT2D eigenvalue weighted by molar-refractivity contribution is 0.191. The van der Waals surface area contributed by atoms with E-state index in [0.29, 0.717) is 26.4 Å². The molecule has 0 aromatic carbocycles. The van der Waals surface area contributed by atoms with Crippen LogP contribution < -0.4 is 0 Å². The van der Waals surface area contributed by atoms with Crippen molar-refractivity contribution in [2.75, 3.05) is 26.4 Å². The fraction of sp³-hybridized carbons (Fsp3) is 0.857. The number of hydrogen-bond donors (Lipinski definition) is 0. The minimum Gasteiger partial charge on any atom is -0.392 e. The van der Waals surface area contributed by atoms with E-state index in [1.165, 1.54) is 0 Å². The van der Waals surface area contributed by atoms with Crippen LogP contribution in [0, 0.1) is 0 Å². The lowest BCUT2D eigenvalue weighted by Gasteiger charge is -2.29. The highest BCUT2D eigenvalue weighted by molar-refractivity contribution is 6.78. The molecular formula is C14H32O4Si2. The third kappa shape index (κ3) is 6.19. The van der Waals surface area contributed by atoms with Gasteiger partial charge >= 0.3 is 17.1 Å². The fourth-order valence-electron chi connectivity index (χ4n) is 2.15. The van der Waals surface area contributed by atoms with Crippen molar-refractivity contribution in [2.24, 2.45) is 0 Å². The van der Waals surface area contributed by atoms with E-state index in [0.717, 1.165) is 12.1 Å². The van der Waals surface area contributed by atoms with Gasteiger partial charge in [-0.25, -0.2) is 0 Å². The summed E-state index contributed by atoms with van der Waals surface area (Å²) in [4.78, 5) is 0. The minimum atomic E-state index is -2.26. The van der Waals surface area contributed by atoms with Crippen LogP contribution >= 0.6 is 0 Å². The summed E-state index contributed by atoms with van der Waals surface area (Å²) in [6.45, 7) is 15.0. The van der Waals surface area contributed by atoms with Crippen molar-refractivity contribution in [1.29, 1.82) is 0 Å². The first kappa shape index (κ1) is 20.0. The first-order valence-electron chi connectivity index (χ1n) is 7.83. The van der Waals surface area contributed by atoms with Crippen LogP contribution in [0.3, 0.4) is 0 Å². The Balaban J connectivity index is 5.19. The molecule has 0 rings (SSSR count). The number of rotatable bonds is 12. The Bertz CT molecular complexity index is 234. The van der Waals surface area contributed by atoms with Crippen LogP contribution in [0.4, 0.5) is 0 Å². The third-order valence-corrected chi connectivity index (χ3v) is 9.89. The summed E-state index contributed by atoms with van der Waals surface area (Å²) in [6.07, 6.45) is 0. The molecule has 0 spiro atoms. The van der Waals surface area contributed by atoms with Gasteiger partial charge in [0.2, 0.25) is 0 Å². The second-order valence-electron chi connectivity index (χ2n) is 4.40. The highest BCUT2D eigenvalue weighted by Crippen LogP contribution is 2.20. The fourth-order valence-corrected chi connectivity index (χ4v) is 7.98. The van der Waals surface area contributed by atoms with Gasteiger partial charge in [0, 0.05) is 26.4 Å². The van der Waals surface area contributed by atoms with Crippen LogP contribution in [0.2, 0.25) is 12.1 Å². The lowest BCUT2D eigenvalue weighted by Crippen LogP contribution is -2.44. The van der Waals surface area contributed by atoms with Crippen molar-refractivity contribution in [3.05, 3.63) is 11.4 Å². The second kappa shape index (κ2) is 10.7. The van der Waals surface area contributed by atoms with Crippen molar-refractivity contribution in [3.63, 3.8) is 0 Å². The monoisotopic (exact) mass is 320 g/mol. The quantitative estimate of drug-likeness (QED) is 0.514. The zero-order chi connectivity index (χ0) is 15.5. The van der Waals surface area contributed by atoms with Gasteiger partial charge in [-0.2, -0.15) is 0 Å². The van der Waals surface area contributed by atoms with Gasteiger partial charge < -0.3 is 17.7 Å². The maximum atomic E-state index is 5.96. The average molecular weight is 321 g/mol. The maximum Gasteiger partial charge on any atom is 0.364 e. The first-order valence-corrected chi connectivity index (χ1v) is 12.0.